The first kappa shape index (κ1) is 9.94. The van der Waals surface area contributed by atoms with Gasteiger partial charge in [0.1, 0.15) is 12.2 Å². The van der Waals surface area contributed by atoms with Crippen LogP contribution in [0.25, 0.3) is 0 Å². The molecule has 0 aromatic carbocycles. The molecule has 1 fully saturated rings. The molecule has 0 amide bonds. The van der Waals surface area contributed by atoms with Crippen molar-refractivity contribution in [2.75, 3.05) is 6.54 Å². The largest absolute Gasteiger partial charge is 0.474 e. The fourth-order valence-electron chi connectivity index (χ4n) is 1.65. The molecule has 1 heterocycles. The average molecular weight is 203 g/mol. The maximum Gasteiger partial charge on any atom is 0.213 e. The normalized spacial score (nSPS) is 24.0. The van der Waals surface area contributed by atoms with Crippen LogP contribution in [0.2, 0.25) is 0 Å². The quantitative estimate of drug-likeness (QED) is 0.797. The zero-order valence-electron chi connectivity index (χ0n) is 8.39. The van der Waals surface area contributed by atoms with E-state index < -0.39 is 0 Å². The number of hydrogen-bond donors (Lipinski definition) is 1. The molecular formula is C11H13N3O. The van der Waals surface area contributed by atoms with Gasteiger partial charge in [-0.3, -0.25) is 0 Å². The fourth-order valence-corrected chi connectivity index (χ4v) is 1.65. The van der Waals surface area contributed by atoms with E-state index in [4.69, 9.17) is 15.7 Å². The Hall–Kier alpha value is -1.60. The van der Waals surface area contributed by atoms with Crippen molar-refractivity contribution in [1.29, 1.82) is 5.26 Å². The number of pyridine rings is 1. The number of hydrogen-bond acceptors (Lipinski definition) is 4. The van der Waals surface area contributed by atoms with Crippen LogP contribution in [0.1, 0.15) is 18.4 Å². The third-order valence-corrected chi connectivity index (χ3v) is 2.68. The predicted molar refractivity (Wildman–Crippen MR) is 55.1 cm³/mol. The van der Waals surface area contributed by atoms with Gasteiger partial charge in [-0.2, -0.15) is 5.26 Å². The molecule has 2 N–H and O–H groups in total. The summed E-state index contributed by atoms with van der Waals surface area (Å²) in [4.78, 5) is 4.05. The van der Waals surface area contributed by atoms with Gasteiger partial charge in [-0.05, 0) is 31.4 Å². The van der Waals surface area contributed by atoms with Crippen LogP contribution in [0.15, 0.2) is 18.3 Å². The first-order valence-electron chi connectivity index (χ1n) is 5.04. The smallest absolute Gasteiger partial charge is 0.213 e. The molecule has 1 aromatic heterocycles. The van der Waals surface area contributed by atoms with Gasteiger partial charge < -0.3 is 10.5 Å². The van der Waals surface area contributed by atoms with Crippen LogP contribution in [-0.4, -0.2) is 17.6 Å². The lowest BCUT2D eigenvalue weighted by molar-refractivity contribution is 0.0649. The van der Waals surface area contributed by atoms with Gasteiger partial charge in [-0.1, -0.05) is 0 Å². The molecule has 1 saturated carbocycles. The summed E-state index contributed by atoms with van der Waals surface area (Å²) in [6.45, 7) is 0.737. The summed E-state index contributed by atoms with van der Waals surface area (Å²) in [5, 5.41) is 8.59. The second-order valence-corrected chi connectivity index (χ2v) is 3.81. The van der Waals surface area contributed by atoms with E-state index >= 15 is 0 Å². The van der Waals surface area contributed by atoms with E-state index in [1.165, 1.54) is 6.20 Å². The molecule has 0 aliphatic heterocycles. The second kappa shape index (κ2) is 4.28. The maximum atomic E-state index is 8.59. The van der Waals surface area contributed by atoms with E-state index in [0.29, 0.717) is 17.4 Å². The van der Waals surface area contributed by atoms with Gasteiger partial charge in [0.2, 0.25) is 5.88 Å². The van der Waals surface area contributed by atoms with Crippen molar-refractivity contribution in [3.63, 3.8) is 0 Å². The van der Waals surface area contributed by atoms with Crippen LogP contribution >= 0.6 is 0 Å². The van der Waals surface area contributed by atoms with E-state index in [0.717, 1.165) is 19.4 Å². The van der Waals surface area contributed by atoms with E-state index in [9.17, 15) is 0 Å². The highest BCUT2D eigenvalue weighted by molar-refractivity contribution is 5.28. The van der Waals surface area contributed by atoms with E-state index in [1.807, 2.05) is 6.07 Å². The highest BCUT2D eigenvalue weighted by Crippen LogP contribution is 2.29. The summed E-state index contributed by atoms with van der Waals surface area (Å²) in [5.74, 6) is 1.20. The summed E-state index contributed by atoms with van der Waals surface area (Å²) in [6, 6.07) is 5.46. The van der Waals surface area contributed by atoms with Crippen molar-refractivity contribution in [2.45, 2.75) is 18.9 Å². The molecule has 0 saturated heterocycles. The Balaban J connectivity index is 1.87. The Morgan fingerprint density at radius 1 is 1.53 bits per heavy atom. The molecule has 2 rings (SSSR count). The van der Waals surface area contributed by atoms with Gasteiger partial charge in [-0.15, -0.1) is 0 Å². The van der Waals surface area contributed by atoms with Crippen molar-refractivity contribution < 1.29 is 4.74 Å². The summed E-state index contributed by atoms with van der Waals surface area (Å²) >= 11 is 0. The number of nitriles is 1. The number of rotatable bonds is 3. The highest BCUT2D eigenvalue weighted by atomic mass is 16.5. The van der Waals surface area contributed by atoms with E-state index in [2.05, 4.69) is 4.98 Å². The van der Waals surface area contributed by atoms with E-state index in [1.54, 1.807) is 12.1 Å². The maximum absolute atomic E-state index is 8.59. The first-order chi connectivity index (χ1) is 7.31. The number of aromatic nitrogens is 1. The van der Waals surface area contributed by atoms with Gasteiger partial charge in [0.05, 0.1) is 5.56 Å². The molecule has 4 heteroatoms. The number of nitrogens with zero attached hydrogens (tertiary/aromatic N) is 2. The van der Waals surface area contributed by atoms with Gasteiger partial charge in [-0.25, -0.2) is 4.98 Å². The van der Waals surface area contributed by atoms with Crippen LogP contribution in [0, 0.1) is 17.2 Å². The Morgan fingerprint density at radius 3 is 2.87 bits per heavy atom. The molecule has 0 unspecified atom stereocenters. The predicted octanol–water partition coefficient (Wildman–Crippen LogP) is 1.07. The molecule has 1 aromatic rings. The summed E-state index contributed by atoms with van der Waals surface area (Å²) in [7, 11) is 0. The molecule has 4 nitrogen and oxygen atoms in total. The SMILES string of the molecule is N#Cc1ccc(OC2CC(CN)C2)nc1. The zero-order valence-corrected chi connectivity index (χ0v) is 8.39. The Labute approximate surface area is 88.7 Å². The second-order valence-electron chi connectivity index (χ2n) is 3.81. The Kier molecular flexibility index (Phi) is 2.84. The summed E-state index contributed by atoms with van der Waals surface area (Å²) in [5.41, 5.74) is 6.07. The monoisotopic (exact) mass is 203 g/mol. The van der Waals surface area contributed by atoms with Crippen molar-refractivity contribution in [1.82, 2.24) is 4.98 Å². The molecule has 1 aliphatic rings. The minimum atomic E-state index is 0.249. The van der Waals surface area contributed by atoms with Crippen molar-refractivity contribution in [2.24, 2.45) is 11.7 Å². The molecule has 78 valence electrons. The minimum absolute atomic E-state index is 0.249. The van der Waals surface area contributed by atoms with Crippen LogP contribution in [0.4, 0.5) is 0 Å². The first-order valence-corrected chi connectivity index (χ1v) is 5.04. The Bertz CT molecular complexity index is 362. The summed E-state index contributed by atoms with van der Waals surface area (Å²) < 4.78 is 5.61. The zero-order chi connectivity index (χ0) is 10.7. The summed E-state index contributed by atoms with van der Waals surface area (Å²) in [6.07, 6.45) is 3.80. The third-order valence-electron chi connectivity index (χ3n) is 2.68. The minimum Gasteiger partial charge on any atom is -0.474 e. The van der Waals surface area contributed by atoms with Crippen LogP contribution in [0.3, 0.4) is 0 Å². The average Bonchev–Trinajstić information content (AvgIpc) is 2.23. The lowest BCUT2D eigenvalue weighted by Gasteiger charge is -2.33. The van der Waals surface area contributed by atoms with Crippen molar-refractivity contribution in [3.05, 3.63) is 23.9 Å². The lowest BCUT2D eigenvalue weighted by atomic mass is 9.82. The van der Waals surface area contributed by atoms with Crippen LogP contribution in [0.5, 0.6) is 5.88 Å². The van der Waals surface area contributed by atoms with Gasteiger partial charge in [0.25, 0.3) is 0 Å². The molecule has 1 aliphatic carbocycles. The molecule has 0 atom stereocenters. The van der Waals surface area contributed by atoms with E-state index in [-0.39, 0.29) is 6.10 Å². The fraction of sp³-hybridized carbons (Fsp3) is 0.455. The molecule has 0 spiro atoms. The van der Waals surface area contributed by atoms with Gasteiger partial charge in [0, 0.05) is 12.3 Å². The van der Waals surface area contributed by atoms with Gasteiger partial charge >= 0.3 is 0 Å². The van der Waals surface area contributed by atoms with Crippen molar-refractivity contribution >= 4 is 0 Å². The molecule has 15 heavy (non-hydrogen) atoms. The molecule has 0 radical (unpaired) electrons. The van der Waals surface area contributed by atoms with Crippen molar-refractivity contribution in [3.8, 4) is 11.9 Å². The Morgan fingerprint density at radius 2 is 2.33 bits per heavy atom. The lowest BCUT2D eigenvalue weighted by Crippen LogP contribution is -2.37. The standard InChI is InChI=1S/C11H13N3O/c12-5-8-1-2-11(14-7-8)15-10-3-9(4-10)6-13/h1-2,7,9-10H,3-4,6,13H2. The van der Waals surface area contributed by atoms with Crippen LogP contribution in [-0.2, 0) is 0 Å². The van der Waals surface area contributed by atoms with Gasteiger partial charge in [0.15, 0.2) is 0 Å². The topological polar surface area (TPSA) is 71.9 Å². The molecular weight excluding hydrogens is 190 g/mol. The van der Waals surface area contributed by atoms with Crippen LogP contribution < -0.4 is 10.5 Å². The number of nitrogens with two attached hydrogens (primary N) is 1. The number of ether oxygens (including phenoxy) is 1. The highest BCUT2D eigenvalue weighted by Gasteiger charge is 2.29. The molecule has 0 bridgehead atoms. The third kappa shape index (κ3) is 2.25.